The highest BCUT2D eigenvalue weighted by Crippen LogP contribution is 2.20. The molecule has 0 bridgehead atoms. The number of aryl methyl sites for hydroxylation is 2. The van der Waals surface area contributed by atoms with Gasteiger partial charge in [-0.3, -0.25) is 4.79 Å². The van der Waals surface area contributed by atoms with Gasteiger partial charge in [-0.25, -0.2) is 0 Å². The molecule has 0 unspecified atom stereocenters. The summed E-state index contributed by atoms with van der Waals surface area (Å²) in [6.45, 7) is 4.37. The van der Waals surface area contributed by atoms with Gasteiger partial charge in [0.1, 0.15) is 5.76 Å². The molecule has 0 aliphatic heterocycles. The van der Waals surface area contributed by atoms with Crippen molar-refractivity contribution in [3.8, 4) is 11.3 Å². The van der Waals surface area contributed by atoms with Crippen molar-refractivity contribution in [1.82, 2.24) is 25.1 Å². The van der Waals surface area contributed by atoms with Crippen LogP contribution in [0.5, 0.6) is 0 Å². The molecule has 0 fully saturated rings. The Labute approximate surface area is 161 Å². The van der Waals surface area contributed by atoms with Crippen molar-refractivity contribution in [2.45, 2.75) is 20.4 Å². The second-order valence-corrected chi connectivity index (χ2v) is 6.47. The molecule has 4 aromatic rings. The molecule has 3 heterocycles. The maximum atomic E-state index is 12.0. The van der Waals surface area contributed by atoms with Gasteiger partial charge in [-0.15, -0.1) is 10.2 Å². The van der Waals surface area contributed by atoms with Gasteiger partial charge in [0.25, 0.3) is 0 Å². The average molecular weight is 373 g/mol. The Hall–Kier alpha value is -3.74. The molecule has 0 radical (unpaired) electrons. The largest absolute Gasteiger partial charge is 0.465 e. The minimum absolute atomic E-state index is 0.214. The Morgan fingerprint density at radius 1 is 1.14 bits per heavy atom. The van der Waals surface area contributed by atoms with Gasteiger partial charge in [-0.1, -0.05) is 12.1 Å². The highest BCUT2D eigenvalue weighted by molar-refractivity contribution is 5.91. The number of carbonyl (C=O) groups is 1. The van der Waals surface area contributed by atoms with Crippen molar-refractivity contribution in [2.75, 3.05) is 0 Å². The van der Waals surface area contributed by atoms with E-state index in [9.17, 15) is 4.79 Å². The van der Waals surface area contributed by atoms with E-state index in [1.165, 1.54) is 17.2 Å². The highest BCUT2D eigenvalue weighted by atomic mass is 16.3. The quantitative estimate of drug-likeness (QED) is 0.542. The van der Waals surface area contributed by atoms with Crippen LogP contribution in [0.1, 0.15) is 22.7 Å². The van der Waals surface area contributed by atoms with Crippen LogP contribution in [0.25, 0.3) is 23.0 Å². The summed E-state index contributed by atoms with van der Waals surface area (Å²) in [5.41, 5.74) is 4.91. The highest BCUT2D eigenvalue weighted by Gasteiger charge is 2.10. The number of carbonyl (C=O) groups excluding carboxylic acids is 1. The van der Waals surface area contributed by atoms with E-state index < -0.39 is 0 Å². The number of nitrogens with zero attached hydrogens (tertiary/aromatic N) is 4. The Kier molecular flexibility index (Phi) is 4.72. The van der Waals surface area contributed by atoms with Crippen molar-refractivity contribution in [3.63, 3.8) is 0 Å². The Morgan fingerprint density at radius 3 is 2.82 bits per heavy atom. The van der Waals surface area contributed by atoms with Crippen molar-refractivity contribution in [2.24, 2.45) is 0 Å². The zero-order valence-electron chi connectivity index (χ0n) is 15.6. The molecule has 0 aliphatic rings. The molecule has 1 aromatic carbocycles. The Bertz CT molecular complexity index is 1160. The summed E-state index contributed by atoms with van der Waals surface area (Å²) in [5, 5.41) is 15.7. The van der Waals surface area contributed by atoms with Gasteiger partial charge in [0.05, 0.1) is 18.5 Å². The van der Waals surface area contributed by atoms with E-state index in [1.54, 1.807) is 29.0 Å². The van der Waals surface area contributed by atoms with Gasteiger partial charge in [0.2, 0.25) is 5.91 Å². The SMILES string of the molecule is Cc1ccc(-c2ccc3nnc(CNC(=O)C=Cc4ccco4)n3n2)cc1C. The molecule has 7 heteroatoms. The van der Waals surface area contributed by atoms with Gasteiger partial charge in [-0.05, 0) is 61.4 Å². The van der Waals surface area contributed by atoms with Gasteiger partial charge >= 0.3 is 0 Å². The van der Waals surface area contributed by atoms with E-state index in [0.29, 0.717) is 17.2 Å². The second kappa shape index (κ2) is 7.48. The fourth-order valence-electron chi connectivity index (χ4n) is 2.77. The second-order valence-electron chi connectivity index (χ2n) is 6.47. The fraction of sp³-hybridized carbons (Fsp3) is 0.143. The lowest BCUT2D eigenvalue weighted by molar-refractivity contribution is -0.116. The lowest BCUT2D eigenvalue weighted by Crippen LogP contribution is -2.22. The Balaban J connectivity index is 1.53. The van der Waals surface area contributed by atoms with Crippen molar-refractivity contribution >= 4 is 17.6 Å². The average Bonchev–Trinajstić information content (AvgIpc) is 3.36. The molecular weight excluding hydrogens is 354 g/mol. The first-order valence-electron chi connectivity index (χ1n) is 8.88. The summed E-state index contributed by atoms with van der Waals surface area (Å²) < 4.78 is 6.81. The molecular formula is C21H19N5O2. The van der Waals surface area contributed by atoms with Crippen molar-refractivity contribution in [1.29, 1.82) is 0 Å². The number of hydrogen-bond donors (Lipinski definition) is 1. The van der Waals surface area contributed by atoms with Crippen molar-refractivity contribution in [3.05, 3.63) is 77.5 Å². The number of hydrogen-bond acceptors (Lipinski definition) is 5. The topological polar surface area (TPSA) is 85.3 Å². The first-order chi connectivity index (χ1) is 13.6. The summed E-state index contributed by atoms with van der Waals surface area (Å²) in [5.74, 6) is 0.918. The van der Waals surface area contributed by atoms with E-state index in [-0.39, 0.29) is 12.5 Å². The number of aromatic nitrogens is 4. The van der Waals surface area contributed by atoms with Crippen molar-refractivity contribution < 1.29 is 9.21 Å². The number of amides is 1. The molecule has 7 nitrogen and oxygen atoms in total. The maximum Gasteiger partial charge on any atom is 0.244 e. The lowest BCUT2D eigenvalue weighted by Gasteiger charge is -2.06. The fourth-order valence-corrected chi connectivity index (χ4v) is 2.77. The molecule has 140 valence electrons. The van der Waals surface area contributed by atoms with Gasteiger partial charge < -0.3 is 9.73 Å². The molecule has 0 spiro atoms. The van der Waals surface area contributed by atoms with Gasteiger partial charge in [0.15, 0.2) is 11.5 Å². The molecule has 0 atom stereocenters. The molecule has 1 N–H and O–H groups in total. The molecule has 1 amide bonds. The summed E-state index contributed by atoms with van der Waals surface area (Å²) in [6.07, 6.45) is 4.57. The van der Waals surface area contributed by atoms with Crippen LogP contribution in [0, 0.1) is 13.8 Å². The summed E-state index contributed by atoms with van der Waals surface area (Å²) in [6, 6.07) is 13.5. The molecule has 28 heavy (non-hydrogen) atoms. The molecule has 0 saturated carbocycles. The van der Waals surface area contributed by atoms with E-state index in [2.05, 4.69) is 46.6 Å². The minimum atomic E-state index is -0.251. The first kappa shape index (κ1) is 17.7. The third-order valence-electron chi connectivity index (χ3n) is 4.49. The summed E-state index contributed by atoms with van der Waals surface area (Å²) in [4.78, 5) is 12.0. The predicted octanol–water partition coefficient (Wildman–Crippen LogP) is 3.33. The van der Waals surface area contributed by atoms with Gasteiger partial charge in [-0.2, -0.15) is 9.61 Å². The van der Waals surface area contributed by atoms with Crippen LogP contribution >= 0.6 is 0 Å². The zero-order valence-corrected chi connectivity index (χ0v) is 15.6. The van der Waals surface area contributed by atoms with Crippen LogP contribution in [0.3, 0.4) is 0 Å². The number of fused-ring (bicyclic) bond motifs is 1. The monoisotopic (exact) mass is 373 g/mol. The van der Waals surface area contributed by atoms with Crippen LogP contribution in [-0.4, -0.2) is 25.7 Å². The van der Waals surface area contributed by atoms with Crippen LogP contribution in [0.4, 0.5) is 0 Å². The summed E-state index contributed by atoms with van der Waals surface area (Å²) >= 11 is 0. The minimum Gasteiger partial charge on any atom is -0.465 e. The van der Waals surface area contributed by atoms with E-state index >= 15 is 0 Å². The lowest BCUT2D eigenvalue weighted by atomic mass is 10.0. The third kappa shape index (κ3) is 3.68. The van der Waals surface area contributed by atoms with E-state index in [0.717, 1.165) is 11.3 Å². The Morgan fingerprint density at radius 2 is 2.04 bits per heavy atom. The zero-order chi connectivity index (χ0) is 19.5. The number of nitrogens with one attached hydrogen (secondary N) is 1. The predicted molar refractivity (Wildman–Crippen MR) is 105 cm³/mol. The van der Waals surface area contributed by atoms with E-state index in [4.69, 9.17) is 4.42 Å². The summed E-state index contributed by atoms with van der Waals surface area (Å²) in [7, 11) is 0. The van der Waals surface area contributed by atoms with Crippen LogP contribution < -0.4 is 5.32 Å². The van der Waals surface area contributed by atoms with Crippen LogP contribution in [0.2, 0.25) is 0 Å². The van der Waals surface area contributed by atoms with E-state index in [1.807, 2.05) is 18.2 Å². The van der Waals surface area contributed by atoms with Gasteiger partial charge in [0, 0.05) is 11.6 Å². The standard InChI is InChI=1S/C21H19N5O2/c1-14-5-6-16(12-15(14)2)18-8-9-19-23-24-20(26(19)25-18)13-22-21(27)10-7-17-4-3-11-28-17/h3-12H,13H2,1-2H3,(H,22,27). The smallest absolute Gasteiger partial charge is 0.244 e. The van der Waals surface area contributed by atoms with Crippen LogP contribution in [0.15, 0.2) is 59.2 Å². The molecule has 4 rings (SSSR count). The number of benzene rings is 1. The molecule has 0 aliphatic carbocycles. The third-order valence-corrected chi connectivity index (χ3v) is 4.49. The van der Waals surface area contributed by atoms with Crippen LogP contribution in [-0.2, 0) is 11.3 Å². The first-order valence-corrected chi connectivity index (χ1v) is 8.88. The maximum absolute atomic E-state index is 12.0. The number of rotatable bonds is 5. The molecule has 0 saturated heterocycles. The normalized spacial score (nSPS) is 11.4. The number of furan rings is 1. The molecule has 3 aromatic heterocycles.